The van der Waals surface area contributed by atoms with E-state index < -0.39 is 14.0 Å². The molecule has 1 saturated heterocycles. The third kappa shape index (κ3) is 10.1. The van der Waals surface area contributed by atoms with Crippen molar-refractivity contribution in [3.63, 3.8) is 0 Å². The molecule has 3 atom stereocenters. The first-order valence-corrected chi connectivity index (χ1v) is 20.9. The maximum atomic E-state index is 14.4. The number of nitrogens with zero attached hydrogens (tertiary/aromatic N) is 2. The van der Waals surface area contributed by atoms with Gasteiger partial charge in [-0.25, -0.2) is 6.57 Å². The van der Waals surface area contributed by atoms with Gasteiger partial charge in [0.2, 0.25) is 12.5 Å². The Morgan fingerprint density at radius 3 is 1.98 bits per heavy atom. The predicted octanol–water partition coefficient (Wildman–Crippen LogP) is 10.1. The fraction of sp³-hybridized carbons (Fsp3) is 0.435. The van der Waals surface area contributed by atoms with Crippen LogP contribution in [0.15, 0.2) is 91.0 Å². The Labute approximate surface area is 329 Å². The van der Waals surface area contributed by atoms with Gasteiger partial charge in [0.25, 0.3) is 0 Å². The highest BCUT2D eigenvalue weighted by molar-refractivity contribution is 7.46. The topological polar surface area (TPSA) is 70.8 Å². The summed E-state index contributed by atoms with van der Waals surface area (Å²) in [5.74, 6) is 2.40. The quantitative estimate of drug-likeness (QED) is 0.0435. The van der Waals surface area contributed by atoms with Gasteiger partial charge in [0.1, 0.15) is 23.7 Å². The van der Waals surface area contributed by atoms with Crippen LogP contribution in [0.1, 0.15) is 91.3 Å². The number of carbonyl (C=O) groups excluding carboxylic acids is 1. The number of methoxy groups -OCH3 is 2. The molecular formula is C46H57N2O6P. The predicted molar refractivity (Wildman–Crippen MR) is 221 cm³/mol. The van der Waals surface area contributed by atoms with Crippen molar-refractivity contribution in [1.29, 1.82) is 0 Å². The Morgan fingerprint density at radius 1 is 0.873 bits per heavy atom. The molecule has 1 unspecified atom stereocenters. The van der Waals surface area contributed by atoms with Gasteiger partial charge in [-0.15, -0.1) is 0 Å². The monoisotopic (exact) mass is 764 g/mol. The second-order valence-corrected chi connectivity index (χ2v) is 16.2. The Bertz CT molecular complexity index is 1830. The third-order valence-electron chi connectivity index (χ3n) is 10.5. The van der Waals surface area contributed by atoms with E-state index in [-0.39, 0.29) is 31.2 Å². The van der Waals surface area contributed by atoms with Crippen LogP contribution in [0.3, 0.4) is 0 Å². The summed E-state index contributed by atoms with van der Waals surface area (Å²) in [6.45, 7) is 21.5. The van der Waals surface area contributed by atoms with Crippen LogP contribution in [0.4, 0.5) is 0 Å². The molecule has 1 aliphatic heterocycles. The molecule has 8 nitrogen and oxygen atoms in total. The maximum absolute atomic E-state index is 14.4. The Morgan fingerprint density at radius 2 is 1.44 bits per heavy atom. The first kappa shape index (κ1) is 41.9. The molecular weight excluding hydrogens is 707 g/mol. The van der Waals surface area contributed by atoms with Crippen molar-refractivity contribution in [2.24, 2.45) is 0 Å². The third-order valence-corrected chi connectivity index (χ3v) is 11.7. The van der Waals surface area contributed by atoms with Crippen molar-refractivity contribution >= 4 is 14.3 Å². The van der Waals surface area contributed by atoms with Crippen molar-refractivity contribution in [3.8, 4) is 11.5 Å². The van der Waals surface area contributed by atoms with E-state index in [0.717, 1.165) is 28.2 Å². The molecule has 5 rings (SSSR count). The maximum Gasteiger partial charge on any atom is 0.238 e. The second kappa shape index (κ2) is 19.6. The molecule has 292 valence electrons. The molecule has 1 fully saturated rings. The Balaban J connectivity index is 1.48. The highest BCUT2D eigenvalue weighted by atomic mass is 31.2. The standard InChI is InChI=1S/C46H57N2O6P/c1-32(2)43-27-34(5)35(28-44(43)33(3)4)15-24-45(49)48-30-42(54-55(9)53-26-25-47-6)29-39(48)31-52-46(36-13-11-10-12-14-36,37-16-20-40(50-7)21-17-37)38-18-22-41(51-8)23-19-38/h10-14,16-23,27-28,32-33,39,42H,15,24-26,29-31H2,1-5,7-9H3/t39-,42+,55?/m0/s1. The molecule has 1 heterocycles. The number of amides is 1. The minimum absolute atomic E-state index is 0.0756. The summed E-state index contributed by atoms with van der Waals surface area (Å²) in [5, 5.41) is 0. The highest BCUT2D eigenvalue weighted by Gasteiger charge is 2.42. The number of hydrogen-bond acceptors (Lipinski definition) is 6. The first-order chi connectivity index (χ1) is 26.5. The lowest BCUT2D eigenvalue weighted by Gasteiger charge is -2.38. The number of aryl methyl sites for hydroxylation is 2. The zero-order valence-corrected chi connectivity index (χ0v) is 34.6. The average molecular weight is 765 g/mol. The van der Waals surface area contributed by atoms with E-state index in [2.05, 4.69) is 63.7 Å². The lowest BCUT2D eigenvalue weighted by atomic mass is 9.80. The summed E-state index contributed by atoms with van der Waals surface area (Å²) in [6.07, 6.45) is 1.41. The molecule has 0 radical (unpaired) electrons. The molecule has 0 aliphatic carbocycles. The first-order valence-electron chi connectivity index (χ1n) is 19.3. The summed E-state index contributed by atoms with van der Waals surface area (Å²) in [4.78, 5) is 19.7. The summed E-state index contributed by atoms with van der Waals surface area (Å²) in [6, 6.07) is 30.6. The van der Waals surface area contributed by atoms with Gasteiger partial charge < -0.3 is 33.0 Å². The summed E-state index contributed by atoms with van der Waals surface area (Å²) in [5.41, 5.74) is 6.98. The zero-order valence-electron chi connectivity index (χ0n) is 33.7. The van der Waals surface area contributed by atoms with E-state index in [1.54, 1.807) is 14.2 Å². The van der Waals surface area contributed by atoms with Crippen molar-refractivity contribution < 1.29 is 28.1 Å². The van der Waals surface area contributed by atoms with Crippen LogP contribution in [0.2, 0.25) is 0 Å². The van der Waals surface area contributed by atoms with Crippen LogP contribution in [0.5, 0.6) is 11.5 Å². The SMILES string of the molecule is [C-]#[N+]CCOP(C)O[C@@H]1C[C@@H](COC(c2ccccc2)(c2ccc(OC)cc2)c2ccc(OC)cc2)N(C(=O)CCc2cc(C(C)C)c(C(C)C)cc2C)C1. The van der Waals surface area contributed by atoms with Crippen LogP contribution in [-0.4, -0.2) is 70.1 Å². The van der Waals surface area contributed by atoms with E-state index in [4.69, 9.17) is 29.8 Å². The van der Waals surface area contributed by atoms with Crippen LogP contribution in [0, 0.1) is 13.5 Å². The number of carbonyl (C=O) groups is 1. The molecule has 0 saturated carbocycles. The highest BCUT2D eigenvalue weighted by Crippen LogP contribution is 2.43. The van der Waals surface area contributed by atoms with Gasteiger partial charge in [0.15, 0.2) is 8.38 Å². The lowest BCUT2D eigenvalue weighted by molar-refractivity contribution is -0.134. The van der Waals surface area contributed by atoms with Crippen LogP contribution in [-0.2, 0) is 30.6 Å². The molecule has 0 bridgehead atoms. The van der Waals surface area contributed by atoms with E-state index in [1.807, 2.05) is 78.3 Å². The Kier molecular flexibility index (Phi) is 14.9. The van der Waals surface area contributed by atoms with E-state index in [0.29, 0.717) is 44.2 Å². The van der Waals surface area contributed by atoms with Gasteiger partial charge in [-0.1, -0.05) is 94.4 Å². The van der Waals surface area contributed by atoms with Crippen molar-refractivity contribution in [1.82, 2.24) is 4.90 Å². The van der Waals surface area contributed by atoms with E-state index >= 15 is 0 Å². The smallest absolute Gasteiger partial charge is 0.238 e. The molecule has 1 aliphatic rings. The minimum Gasteiger partial charge on any atom is -0.497 e. The van der Waals surface area contributed by atoms with Gasteiger partial charge in [0, 0.05) is 19.6 Å². The minimum atomic E-state index is -1.22. The van der Waals surface area contributed by atoms with Gasteiger partial charge >= 0.3 is 0 Å². The fourth-order valence-corrected chi connectivity index (χ4v) is 8.59. The molecule has 9 heteroatoms. The lowest BCUT2D eigenvalue weighted by Crippen LogP contribution is -2.42. The second-order valence-electron chi connectivity index (χ2n) is 14.8. The molecule has 4 aromatic rings. The molecule has 0 N–H and O–H groups in total. The number of rotatable bonds is 18. The molecule has 1 amide bonds. The molecule has 0 aromatic heterocycles. The van der Waals surface area contributed by atoms with Crippen molar-refractivity contribution in [2.45, 2.75) is 83.5 Å². The van der Waals surface area contributed by atoms with Crippen LogP contribution in [0.25, 0.3) is 4.85 Å². The molecule has 4 aromatic carbocycles. The van der Waals surface area contributed by atoms with Crippen molar-refractivity contribution in [2.75, 3.05) is 47.2 Å². The Hall–Kier alpha value is -4.25. The van der Waals surface area contributed by atoms with Crippen LogP contribution < -0.4 is 9.47 Å². The van der Waals surface area contributed by atoms with Gasteiger partial charge in [-0.05, 0) is 94.8 Å². The summed E-state index contributed by atoms with van der Waals surface area (Å²) < 4.78 is 30.7. The van der Waals surface area contributed by atoms with Gasteiger partial charge in [0.05, 0.1) is 33.0 Å². The zero-order chi connectivity index (χ0) is 39.5. The largest absolute Gasteiger partial charge is 0.497 e. The molecule has 0 spiro atoms. The van der Waals surface area contributed by atoms with Crippen molar-refractivity contribution in [3.05, 3.63) is 141 Å². The van der Waals surface area contributed by atoms with E-state index in [1.165, 1.54) is 22.3 Å². The number of benzene rings is 4. The van der Waals surface area contributed by atoms with E-state index in [9.17, 15) is 4.79 Å². The number of ether oxygens (including phenoxy) is 3. The summed E-state index contributed by atoms with van der Waals surface area (Å²) in [7, 11) is 2.10. The number of likely N-dealkylation sites (tertiary alicyclic amines) is 1. The fourth-order valence-electron chi connectivity index (χ4n) is 7.61. The molecule has 55 heavy (non-hydrogen) atoms. The van der Waals surface area contributed by atoms with Gasteiger partial charge in [-0.2, -0.15) is 0 Å². The average Bonchev–Trinajstić information content (AvgIpc) is 3.60. The summed E-state index contributed by atoms with van der Waals surface area (Å²) >= 11 is 0. The van der Waals surface area contributed by atoms with Crippen LogP contribution >= 0.6 is 8.38 Å². The number of hydrogen-bond donors (Lipinski definition) is 0. The van der Waals surface area contributed by atoms with Gasteiger partial charge in [-0.3, -0.25) is 4.79 Å². The normalized spacial score (nSPS) is 16.3.